The van der Waals surface area contributed by atoms with Gasteiger partial charge in [0, 0.05) is 12.4 Å². The van der Waals surface area contributed by atoms with Gasteiger partial charge in [-0.3, -0.25) is 0 Å². The third kappa shape index (κ3) is 3.29. The minimum absolute atomic E-state index is 0.0652. The zero-order chi connectivity index (χ0) is 13.9. The molecule has 0 atom stereocenters. The maximum atomic E-state index is 12.1. The van der Waals surface area contributed by atoms with Gasteiger partial charge in [-0.25, -0.2) is 23.1 Å². The highest BCUT2D eigenvalue weighted by molar-refractivity contribution is 7.92. The number of nitrogens with zero attached hydrogens (tertiary/aromatic N) is 2. The normalized spacial score (nSPS) is 11.5. The van der Waals surface area contributed by atoms with Crippen molar-refractivity contribution >= 4 is 16.0 Å². The fourth-order valence-electron chi connectivity index (χ4n) is 1.56. The summed E-state index contributed by atoms with van der Waals surface area (Å²) in [4.78, 5) is 7.87. The molecule has 0 fully saturated rings. The van der Waals surface area contributed by atoms with E-state index in [-0.39, 0.29) is 10.8 Å². The first-order chi connectivity index (χ1) is 8.99. The van der Waals surface area contributed by atoms with Gasteiger partial charge in [-0.2, -0.15) is 0 Å². The van der Waals surface area contributed by atoms with Gasteiger partial charge in [0.05, 0.1) is 4.90 Å². The quantitative estimate of drug-likeness (QED) is 0.931. The lowest BCUT2D eigenvalue weighted by Gasteiger charge is -2.08. The second kappa shape index (κ2) is 5.36. The molecule has 0 aliphatic heterocycles. The van der Waals surface area contributed by atoms with Gasteiger partial charge < -0.3 is 0 Å². The van der Waals surface area contributed by atoms with Crippen LogP contribution < -0.4 is 4.72 Å². The van der Waals surface area contributed by atoms with Crippen molar-refractivity contribution in [1.82, 2.24) is 9.97 Å². The number of hydrogen-bond acceptors (Lipinski definition) is 4. The minimum atomic E-state index is -3.63. The molecule has 100 valence electrons. The number of rotatable bonds is 4. The minimum Gasteiger partial charge on any atom is -0.247 e. The highest BCUT2D eigenvalue weighted by atomic mass is 32.2. The molecule has 0 aliphatic carbocycles. The SMILES string of the molecule is CC(C)c1ccc(S(=O)(=O)Nc2ncccn2)cc1. The molecule has 1 N–H and O–H groups in total. The molecule has 5 nitrogen and oxygen atoms in total. The van der Waals surface area contributed by atoms with Crippen molar-refractivity contribution in [3.63, 3.8) is 0 Å². The summed E-state index contributed by atoms with van der Waals surface area (Å²) in [5.74, 6) is 0.428. The predicted molar refractivity (Wildman–Crippen MR) is 73.4 cm³/mol. The lowest BCUT2D eigenvalue weighted by Crippen LogP contribution is -2.14. The van der Waals surface area contributed by atoms with Gasteiger partial charge in [-0.05, 0) is 29.7 Å². The lowest BCUT2D eigenvalue weighted by molar-refractivity contribution is 0.600. The molecule has 0 aliphatic rings. The van der Waals surface area contributed by atoms with Gasteiger partial charge in [0.25, 0.3) is 10.0 Å². The molecule has 1 aromatic heterocycles. The standard InChI is InChI=1S/C13H15N3O2S/c1-10(2)11-4-6-12(7-5-11)19(17,18)16-13-14-8-3-9-15-13/h3-10H,1-2H3,(H,14,15,16). The lowest BCUT2D eigenvalue weighted by atomic mass is 10.0. The topological polar surface area (TPSA) is 72.0 Å². The Morgan fingerprint density at radius 2 is 1.63 bits per heavy atom. The van der Waals surface area contributed by atoms with E-state index in [1.807, 2.05) is 12.1 Å². The van der Waals surface area contributed by atoms with Crippen LogP contribution in [0.15, 0.2) is 47.6 Å². The Kier molecular flexibility index (Phi) is 3.80. The first-order valence-corrected chi connectivity index (χ1v) is 7.37. The van der Waals surface area contributed by atoms with Crippen molar-refractivity contribution in [2.75, 3.05) is 4.72 Å². The van der Waals surface area contributed by atoms with Crippen LogP contribution in [0.2, 0.25) is 0 Å². The summed E-state index contributed by atoms with van der Waals surface area (Å²) in [5.41, 5.74) is 1.09. The van der Waals surface area contributed by atoms with Crippen molar-refractivity contribution in [3.05, 3.63) is 48.3 Å². The molecule has 0 saturated carbocycles. The van der Waals surface area contributed by atoms with E-state index in [2.05, 4.69) is 28.5 Å². The molecule has 0 bridgehead atoms. The van der Waals surface area contributed by atoms with Gasteiger partial charge in [0.15, 0.2) is 0 Å². The maximum absolute atomic E-state index is 12.1. The number of sulfonamides is 1. The van der Waals surface area contributed by atoms with Crippen LogP contribution in [-0.4, -0.2) is 18.4 Å². The van der Waals surface area contributed by atoms with Crippen LogP contribution in [0.5, 0.6) is 0 Å². The van der Waals surface area contributed by atoms with E-state index in [4.69, 9.17) is 0 Å². The average Bonchev–Trinajstić information content (AvgIpc) is 2.39. The van der Waals surface area contributed by atoms with Crippen molar-refractivity contribution in [3.8, 4) is 0 Å². The molecule has 0 amide bonds. The number of nitrogens with one attached hydrogen (secondary N) is 1. The zero-order valence-electron chi connectivity index (χ0n) is 10.7. The van der Waals surface area contributed by atoms with Crippen molar-refractivity contribution in [1.29, 1.82) is 0 Å². The first kappa shape index (κ1) is 13.5. The largest absolute Gasteiger partial charge is 0.264 e. The first-order valence-electron chi connectivity index (χ1n) is 5.89. The van der Waals surface area contributed by atoms with Crippen molar-refractivity contribution < 1.29 is 8.42 Å². The highest BCUT2D eigenvalue weighted by Crippen LogP contribution is 2.18. The third-order valence-electron chi connectivity index (χ3n) is 2.65. The van der Waals surface area contributed by atoms with E-state index >= 15 is 0 Å². The second-order valence-corrected chi connectivity index (χ2v) is 6.08. The van der Waals surface area contributed by atoms with Gasteiger partial charge >= 0.3 is 0 Å². The molecule has 6 heteroatoms. The maximum Gasteiger partial charge on any atom is 0.264 e. The smallest absolute Gasteiger partial charge is 0.247 e. The average molecular weight is 277 g/mol. The molecule has 1 aromatic carbocycles. The molecule has 0 saturated heterocycles. The van der Waals surface area contributed by atoms with E-state index in [0.29, 0.717) is 5.92 Å². The van der Waals surface area contributed by atoms with Gasteiger partial charge in [0.2, 0.25) is 5.95 Å². The molecule has 19 heavy (non-hydrogen) atoms. The Hall–Kier alpha value is -1.95. The monoisotopic (exact) mass is 277 g/mol. The molecule has 2 rings (SSSR count). The van der Waals surface area contributed by atoms with Gasteiger partial charge in [-0.1, -0.05) is 26.0 Å². The van der Waals surface area contributed by atoms with Crippen molar-refractivity contribution in [2.24, 2.45) is 0 Å². The fourth-order valence-corrected chi connectivity index (χ4v) is 2.52. The van der Waals surface area contributed by atoms with E-state index in [1.54, 1.807) is 18.2 Å². The summed E-state index contributed by atoms with van der Waals surface area (Å²) in [5, 5.41) is 0. The van der Waals surface area contributed by atoms with Crippen molar-refractivity contribution in [2.45, 2.75) is 24.7 Å². The van der Waals surface area contributed by atoms with Crippen LogP contribution in [0.4, 0.5) is 5.95 Å². The summed E-state index contributed by atoms with van der Waals surface area (Å²) in [6.45, 7) is 4.11. The number of aromatic nitrogens is 2. The van der Waals surface area contributed by atoms with Crippen LogP contribution in [0.3, 0.4) is 0 Å². The predicted octanol–water partition coefficient (Wildman–Crippen LogP) is 2.40. The number of anilines is 1. The summed E-state index contributed by atoms with van der Waals surface area (Å²) in [6, 6.07) is 8.41. The van der Waals surface area contributed by atoms with Crippen LogP contribution in [0.1, 0.15) is 25.3 Å². The Morgan fingerprint density at radius 1 is 1.05 bits per heavy atom. The highest BCUT2D eigenvalue weighted by Gasteiger charge is 2.15. The molecular formula is C13H15N3O2S. The number of benzene rings is 1. The third-order valence-corrected chi connectivity index (χ3v) is 3.99. The molecule has 1 heterocycles. The number of hydrogen-bond donors (Lipinski definition) is 1. The van der Waals surface area contributed by atoms with E-state index in [0.717, 1.165) is 5.56 Å². The second-order valence-electron chi connectivity index (χ2n) is 4.40. The van der Waals surface area contributed by atoms with Crippen LogP contribution >= 0.6 is 0 Å². The van der Waals surface area contributed by atoms with E-state index in [9.17, 15) is 8.42 Å². The Morgan fingerprint density at radius 3 is 2.16 bits per heavy atom. The summed E-state index contributed by atoms with van der Waals surface area (Å²) in [6.07, 6.45) is 2.96. The van der Waals surface area contributed by atoms with E-state index in [1.165, 1.54) is 12.4 Å². The Balaban J connectivity index is 2.25. The Labute approximate surface area is 112 Å². The van der Waals surface area contributed by atoms with E-state index < -0.39 is 10.0 Å². The van der Waals surface area contributed by atoms with Gasteiger partial charge in [0.1, 0.15) is 0 Å². The zero-order valence-corrected chi connectivity index (χ0v) is 11.6. The molecule has 2 aromatic rings. The van der Waals surface area contributed by atoms with Crippen LogP contribution in [0.25, 0.3) is 0 Å². The fraction of sp³-hybridized carbons (Fsp3) is 0.231. The van der Waals surface area contributed by atoms with Crippen LogP contribution in [-0.2, 0) is 10.0 Å². The molecular weight excluding hydrogens is 262 g/mol. The summed E-state index contributed by atoms with van der Waals surface area (Å²) < 4.78 is 26.5. The molecule has 0 radical (unpaired) electrons. The Bertz CT molecular complexity index is 637. The summed E-state index contributed by atoms with van der Waals surface area (Å²) in [7, 11) is -3.63. The summed E-state index contributed by atoms with van der Waals surface area (Å²) >= 11 is 0. The molecule has 0 spiro atoms. The van der Waals surface area contributed by atoms with Crippen LogP contribution in [0, 0.1) is 0 Å². The van der Waals surface area contributed by atoms with Gasteiger partial charge in [-0.15, -0.1) is 0 Å². The molecule has 0 unspecified atom stereocenters.